The van der Waals surface area contributed by atoms with Crippen LogP contribution >= 0.6 is 0 Å². The molecule has 33 heavy (non-hydrogen) atoms. The first kappa shape index (κ1) is 22.7. The average Bonchev–Trinajstić information content (AvgIpc) is 2.78. The van der Waals surface area contributed by atoms with E-state index in [0.29, 0.717) is 40.3 Å². The molecule has 0 atom stereocenters. The number of rotatable bonds is 6. The number of amides is 1. The maximum Gasteiger partial charge on any atom is 0.339 e. The summed E-state index contributed by atoms with van der Waals surface area (Å²) in [6.07, 6.45) is 1.53. The molecule has 7 nitrogen and oxygen atoms in total. The molecule has 0 fully saturated rings. The van der Waals surface area contributed by atoms with Gasteiger partial charge in [0, 0.05) is 29.3 Å². The molecule has 7 heteroatoms. The van der Waals surface area contributed by atoms with Crippen LogP contribution in [0.4, 0.5) is 0 Å². The highest BCUT2D eigenvalue weighted by molar-refractivity contribution is 5.92. The van der Waals surface area contributed by atoms with Crippen molar-refractivity contribution < 1.29 is 23.4 Å². The third-order valence-electron chi connectivity index (χ3n) is 6.14. The number of aryl methyl sites for hydroxylation is 2. The van der Waals surface area contributed by atoms with Crippen LogP contribution in [0.2, 0.25) is 0 Å². The molecule has 0 spiro atoms. The summed E-state index contributed by atoms with van der Waals surface area (Å²) in [7, 11) is 1.59. The van der Waals surface area contributed by atoms with E-state index in [1.807, 2.05) is 45.0 Å². The number of ether oxygens (including phenoxy) is 3. The second-order valence-electron chi connectivity index (χ2n) is 8.93. The number of carbonyl (C=O) groups is 1. The van der Waals surface area contributed by atoms with Gasteiger partial charge in [0.15, 0.2) is 6.61 Å². The Labute approximate surface area is 192 Å². The van der Waals surface area contributed by atoms with Gasteiger partial charge in [0.2, 0.25) is 0 Å². The van der Waals surface area contributed by atoms with Crippen LogP contribution in [0.15, 0.2) is 39.5 Å². The number of fused-ring (bicyclic) bond motifs is 3. The molecule has 2 aromatic carbocycles. The van der Waals surface area contributed by atoms with Crippen LogP contribution in [0, 0.1) is 13.8 Å². The second-order valence-corrected chi connectivity index (χ2v) is 8.93. The predicted octanol–water partition coefficient (Wildman–Crippen LogP) is 4.22. The fourth-order valence-electron chi connectivity index (χ4n) is 4.08. The number of benzene rings is 2. The molecule has 1 N–H and O–H groups in total. The molecule has 0 unspecified atom stereocenters. The third kappa shape index (κ3) is 4.53. The number of hydrogen-bond acceptors (Lipinski definition) is 6. The molecular formula is C26H29NO6. The standard InChI is InChI=1S/C26H29NO6/c1-15-16(2)25(29)32-24-18-10-11-26(3,4)33-20(18)12-21(23(15)24)31-14-22(28)27-13-17-8-6-7-9-19(17)30-5/h6-9,12H,10-11,13-14H2,1-5H3,(H,27,28). The van der Waals surface area contributed by atoms with Crippen molar-refractivity contribution in [3.05, 3.63) is 63.0 Å². The quantitative estimate of drug-likeness (QED) is 0.565. The molecule has 0 saturated carbocycles. The van der Waals surface area contributed by atoms with Crippen LogP contribution in [0.5, 0.6) is 17.2 Å². The maximum absolute atomic E-state index is 12.5. The lowest BCUT2D eigenvalue weighted by Gasteiger charge is -2.33. The van der Waals surface area contributed by atoms with Gasteiger partial charge in [-0.3, -0.25) is 4.79 Å². The third-order valence-corrected chi connectivity index (χ3v) is 6.14. The summed E-state index contributed by atoms with van der Waals surface area (Å²) in [6.45, 7) is 7.75. The molecule has 174 valence electrons. The molecule has 1 amide bonds. The Morgan fingerprint density at radius 2 is 1.91 bits per heavy atom. The first-order valence-electron chi connectivity index (χ1n) is 11.0. The minimum atomic E-state index is -0.376. The van der Waals surface area contributed by atoms with Gasteiger partial charge in [0.05, 0.1) is 12.5 Å². The van der Waals surface area contributed by atoms with Gasteiger partial charge in [-0.25, -0.2) is 4.79 Å². The Hall–Kier alpha value is -3.48. The summed E-state index contributed by atoms with van der Waals surface area (Å²) in [5.74, 6) is 1.51. The number of para-hydroxylation sites is 1. The summed E-state index contributed by atoms with van der Waals surface area (Å²) >= 11 is 0. The first-order chi connectivity index (χ1) is 15.7. The molecule has 0 bridgehead atoms. The van der Waals surface area contributed by atoms with Gasteiger partial charge in [-0.1, -0.05) is 18.2 Å². The van der Waals surface area contributed by atoms with E-state index in [9.17, 15) is 9.59 Å². The normalized spacial score (nSPS) is 14.3. The van der Waals surface area contributed by atoms with E-state index in [2.05, 4.69) is 5.32 Å². The SMILES string of the molecule is COc1ccccc1CNC(=O)COc1cc2c(c3oc(=O)c(C)c(C)c13)CCC(C)(C)O2. The van der Waals surface area contributed by atoms with E-state index >= 15 is 0 Å². The van der Waals surface area contributed by atoms with Crippen molar-refractivity contribution in [1.82, 2.24) is 5.32 Å². The zero-order valence-corrected chi connectivity index (χ0v) is 19.7. The van der Waals surface area contributed by atoms with E-state index in [1.54, 1.807) is 20.1 Å². The molecule has 0 radical (unpaired) electrons. The van der Waals surface area contributed by atoms with Crippen molar-refractivity contribution in [3.63, 3.8) is 0 Å². The second kappa shape index (κ2) is 8.81. The van der Waals surface area contributed by atoms with Gasteiger partial charge in [-0.05, 0) is 52.2 Å². The minimum Gasteiger partial charge on any atom is -0.496 e. The van der Waals surface area contributed by atoms with E-state index < -0.39 is 0 Å². The summed E-state index contributed by atoms with van der Waals surface area (Å²) in [5.41, 5.74) is 2.78. The molecule has 0 aliphatic carbocycles. The zero-order valence-electron chi connectivity index (χ0n) is 19.7. The molecule has 1 aliphatic rings. The van der Waals surface area contributed by atoms with Crippen molar-refractivity contribution in [2.45, 2.75) is 52.7 Å². The molecule has 1 aliphatic heterocycles. The number of hydrogen-bond donors (Lipinski definition) is 1. The van der Waals surface area contributed by atoms with Crippen molar-refractivity contribution in [1.29, 1.82) is 0 Å². The van der Waals surface area contributed by atoms with Crippen LogP contribution in [0.3, 0.4) is 0 Å². The van der Waals surface area contributed by atoms with Gasteiger partial charge in [0.1, 0.15) is 28.4 Å². The highest BCUT2D eigenvalue weighted by Crippen LogP contribution is 2.43. The summed E-state index contributed by atoms with van der Waals surface area (Å²) in [6, 6.07) is 9.31. The van der Waals surface area contributed by atoms with Crippen molar-refractivity contribution in [2.75, 3.05) is 13.7 Å². The monoisotopic (exact) mass is 451 g/mol. The van der Waals surface area contributed by atoms with Crippen LogP contribution in [0.1, 0.15) is 42.5 Å². The largest absolute Gasteiger partial charge is 0.496 e. The predicted molar refractivity (Wildman–Crippen MR) is 125 cm³/mol. The van der Waals surface area contributed by atoms with Crippen LogP contribution in [-0.2, 0) is 17.8 Å². The van der Waals surface area contributed by atoms with E-state index in [1.165, 1.54) is 0 Å². The van der Waals surface area contributed by atoms with E-state index in [0.717, 1.165) is 29.5 Å². The van der Waals surface area contributed by atoms with Crippen molar-refractivity contribution in [3.8, 4) is 17.2 Å². The molecule has 0 saturated heterocycles. The van der Waals surface area contributed by atoms with Crippen molar-refractivity contribution in [2.24, 2.45) is 0 Å². The van der Waals surface area contributed by atoms with Crippen LogP contribution in [0.25, 0.3) is 11.0 Å². The lowest BCUT2D eigenvalue weighted by molar-refractivity contribution is -0.123. The zero-order chi connectivity index (χ0) is 23.8. The minimum absolute atomic E-state index is 0.190. The average molecular weight is 452 g/mol. The Balaban J connectivity index is 1.61. The summed E-state index contributed by atoms with van der Waals surface area (Å²) in [5, 5.41) is 3.55. The van der Waals surface area contributed by atoms with Crippen LogP contribution < -0.4 is 25.2 Å². The van der Waals surface area contributed by atoms with Gasteiger partial charge in [-0.2, -0.15) is 0 Å². The van der Waals surface area contributed by atoms with Crippen LogP contribution in [-0.4, -0.2) is 25.2 Å². The maximum atomic E-state index is 12.5. The molecule has 2 heterocycles. The van der Waals surface area contributed by atoms with Crippen molar-refractivity contribution >= 4 is 16.9 Å². The lowest BCUT2D eigenvalue weighted by atomic mass is 9.92. The van der Waals surface area contributed by atoms with E-state index in [-0.39, 0.29) is 23.7 Å². The molecule has 4 rings (SSSR count). The number of nitrogens with one attached hydrogen (secondary N) is 1. The Bertz CT molecular complexity index is 1270. The summed E-state index contributed by atoms with van der Waals surface area (Å²) < 4.78 is 23.1. The highest BCUT2D eigenvalue weighted by Gasteiger charge is 2.31. The number of carbonyl (C=O) groups excluding carboxylic acids is 1. The molecular weight excluding hydrogens is 422 g/mol. The Morgan fingerprint density at radius 1 is 1.15 bits per heavy atom. The first-order valence-corrected chi connectivity index (χ1v) is 11.0. The van der Waals surface area contributed by atoms with Gasteiger partial charge < -0.3 is 23.9 Å². The topological polar surface area (TPSA) is 87.0 Å². The smallest absolute Gasteiger partial charge is 0.339 e. The Morgan fingerprint density at radius 3 is 2.67 bits per heavy atom. The fraction of sp³-hybridized carbons (Fsp3) is 0.385. The van der Waals surface area contributed by atoms with Gasteiger partial charge in [0.25, 0.3) is 5.91 Å². The Kier molecular flexibility index (Phi) is 6.06. The molecule has 1 aromatic heterocycles. The number of methoxy groups -OCH3 is 1. The lowest BCUT2D eigenvalue weighted by Crippen LogP contribution is -2.33. The van der Waals surface area contributed by atoms with Gasteiger partial charge in [-0.15, -0.1) is 0 Å². The summed E-state index contributed by atoms with van der Waals surface area (Å²) in [4.78, 5) is 24.9. The van der Waals surface area contributed by atoms with Gasteiger partial charge >= 0.3 is 5.63 Å². The van der Waals surface area contributed by atoms with E-state index in [4.69, 9.17) is 18.6 Å². The highest BCUT2D eigenvalue weighted by atomic mass is 16.5. The molecule has 3 aromatic rings. The fourth-order valence-corrected chi connectivity index (χ4v) is 4.08.